The highest BCUT2D eigenvalue weighted by Crippen LogP contribution is 2.34. The second-order valence-electron chi connectivity index (χ2n) is 7.77. The smallest absolute Gasteiger partial charge is 0.174 e. The molecule has 1 nitrogen and oxygen atoms in total. The zero-order chi connectivity index (χ0) is 21.0. The number of hydrogen-bond acceptors (Lipinski definition) is 2. The summed E-state index contributed by atoms with van der Waals surface area (Å²) in [7, 11) is 0. The number of unbranched alkanes of at least 4 members (excludes halogenated alkanes) is 4. The van der Waals surface area contributed by atoms with Crippen LogP contribution in [-0.2, 0) is 6.42 Å². The molecule has 0 aliphatic rings. The highest BCUT2D eigenvalue weighted by molar-refractivity contribution is 7.17. The highest BCUT2D eigenvalue weighted by Gasteiger charge is 2.05. The van der Waals surface area contributed by atoms with Crippen molar-refractivity contribution < 1.29 is 4.74 Å². The molecule has 0 fully saturated rings. The van der Waals surface area contributed by atoms with Gasteiger partial charge in [-0.1, -0.05) is 112 Å². The maximum Gasteiger partial charge on any atom is 0.174 e. The summed E-state index contributed by atoms with van der Waals surface area (Å²) in [5, 5.41) is 0.980. The van der Waals surface area contributed by atoms with Crippen LogP contribution < -0.4 is 4.74 Å². The van der Waals surface area contributed by atoms with E-state index in [0.29, 0.717) is 6.61 Å². The standard InChI is InChI=1S/C28H34OS/c1-3-5-7-8-10-22-29-28-21-20-27(30-28)26-18-16-25(17-19-26)24-14-12-23(13-15-24)11-9-6-4-2/h8,10,12-21H,3-7,9,11,22H2,1-2H3. The fourth-order valence-electron chi connectivity index (χ4n) is 3.46. The summed E-state index contributed by atoms with van der Waals surface area (Å²) in [6, 6.07) is 22.2. The Hall–Kier alpha value is -2.32. The fraction of sp³-hybridized carbons (Fsp3) is 0.357. The lowest BCUT2D eigenvalue weighted by molar-refractivity contribution is 0.373. The van der Waals surface area contributed by atoms with Crippen LogP contribution in [0, 0.1) is 0 Å². The molecule has 158 valence electrons. The van der Waals surface area contributed by atoms with Gasteiger partial charge in [-0.2, -0.15) is 0 Å². The molecule has 0 atom stereocenters. The molecule has 0 N–H and O–H groups in total. The summed E-state index contributed by atoms with van der Waals surface area (Å²) in [6.45, 7) is 5.12. The maximum absolute atomic E-state index is 5.86. The zero-order valence-corrected chi connectivity index (χ0v) is 19.2. The van der Waals surface area contributed by atoms with Crippen LogP contribution in [-0.4, -0.2) is 6.61 Å². The number of thiophene rings is 1. The Balaban J connectivity index is 1.55. The minimum atomic E-state index is 0.650. The number of rotatable bonds is 12. The molecule has 0 spiro atoms. The van der Waals surface area contributed by atoms with Crippen molar-refractivity contribution in [3.8, 4) is 26.6 Å². The minimum Gasteiger partial charge on any atom is -0.480 e. The van der Waals surface area contributed by atoms with Gasteiger partial charge in [0.25, 0.3) is 0 Å². The van der Waals surface area contributed by atoms with Gasteiger partial charge in [0.1, 0.15) is 6.61 Å². The van der Waals surface area contributed by atoms with Crippen molar-refractivity contribution in [3.63, 3.8) is 0 Å². The second-order valence-corrected chi connectivity index (χ2v) is 8.82. The molecule has 3 aromatic rings. The Morgan fingerprint density at radius 2 is 1.37 bits per heavy atom. The predicted molar refractivity (Wildman–Crippen MR) is 133 cm³/mol. The first-order valence-corrected chi connectivity index (χ1v) is 12.2. The molecule has 0 aliphatic heterocycles. The molecule has 0 saturated heterocycles. The first kappa shape index (κ1) is 22.4. The number of aryl methyl sites for hydroxylation is 1. The molecule has 2 heteroatoms. The average molecular weight is 419 g/mol. The third-order valence-corrected chi connectivity index (χ3v) is 6.37. The molecule has 0 saturated carbocycles. The van der Waals surface area contributed by atoms with Crippen LogP contribution in [0.15, 0.2) is 72.8 Å². The van der Waals surface area contributed by atoms with E-state index in [-0.39, 0.29) is 0 Å². The van der Waals surface area contributed by atoms with Crippen molar-refractivity contribution in [2.75, 3.05) is 6.61 Å². The molecule has 0 aliphatic carbocycles. The Morgan fingerprint density at radius 1 is 0.700 bits per heavy atom. The van der Waals surface area contributed by atoms with E-state index >= 15 is 0 Å². The molecule has 1 aromatic heterocycles. The first-order chi connectivity index (χ1) is 14.8. The summed E-state index contributed by atoms with van der Waals surface area (Å²) in [4.78, 5) is 1.25. The van der Waals surface area contributed by atoms with E-state index in [1.165, 1.54) is 65.7 Å². The van der Waals surface area contributed by atoms with E-state index < -0.39 is 0 Å². The quantitative estimate of drug-likeness (QED) is 0.211. The molecule has 0 bridgehead atoms. The van der Waals surface area contributed by atoms with Gasteiger partial charge in [0.15, 0.2) is 5.06 Å². The number of allylic oxidation sites excluding steroid dienone is 1. The third kappa shape index (κ3) is 6.88. The predicted octanol–water partition coefficient (Wildman–Crippen LogP) is 8.94. The van der Waals surface area contributed by atoms with Crippen molar-refractivity contribution >= 4 is 11.3 Å². The molecule has 0 amide bonds. The molecule has 1 heterocycles. The van der Waals surface area contributed by atoms with Gasteiger partial charge in [-0.05, 0) is 53.6 Å². The van der Waals surface area contributed by atoms with Gasteiger partial charge in [0.05, 0.1) is 0 Å². The monoisotopic (exact) mass is 418 g/mol. The normalized spacial score (nSPS) is 11.3. The lowest BCUT2D eigenvalue weighted by Crippen LogP contribution is -1.90. The van der Waals surface area contributed by atoms with Crippen LogP contribution in [0.5, 0.6) is 5.06 Å². The molecule has 0 unspecified atom stereocenters. The van der Waals surface area contributed by atoms with Crippen LogP contribution in [0.2, 0.25) is 0 Å². The van der Waals surface area contributed by atoms with Crippen molar-refractivity contribution in [2.24, 2.45) is 0 Å². The Morgan fingerprint density at radius 3 is 2.07 bits per heavy atom. The minimum absolute atomic E-state index is 0.650. The van der Waals surface area contributed by atoms with Crippen LogP contribution in [0.1, 0.15) is 57.9 Å². The lowest BCUT2D eigenvalue weighted by Gasteiger charge is -2.06. The fourth-order valence-corrected chi connectivity index (χ4v) is 4.33. The zero-order valence-electron chi connectivity index (χ0n) is 18.4. The lowest BCUT2D eigenvalue weighted by atomic mass is 10.0. The number of ether oxygens (including phenoxy) is 1. The van der Waals surface area contributed by atoms with Crippen molar-refractivity contribution in [1.82, 2.24) is 0 Å². The van der Waals surface area contributed by atoms with E-state index in [9.17, 15) is 0 Å². The molecule has 30 heavy (non-hydrogen) atoms. The number of benzene rings is 2. The summed E-state index contributed by atoms with van der Waals surface area (Å²) < 4.78 is 5.86. The van der Waals surface area contributed by atoms with Gasteiger partial charge in [0, 0.05) is 4.88 Å². The average Bonchev–Trinajstić information content (AvgIpc) is 3.26. The SMILES string of the molecule is CCCCC=CCOc1ccc(-c2ccc(-c3ccc(CCCCC)cc3)cc2)s1. The van der Waals surface area contributed by atoms with Gasteiger partial charge >= 0.3 is 0 Å². The Labute approximate surface area is 186 Å². The van der Waals surface area contributed by atoms with Crippen molar-refractivity contribution in [2.45, 2.75) is 58.8 Å². The summed E-state index contributed by atoms with van der Waals surface area (Å²) >= 11 is 1.71. The summed E-state index contributed by atoms with van der Waals surface area (Å²) in [5.74, 6) is 0. The van der Waals surface area contributed by atoms with E-state index in [1.807, 2.05) is 0 Å². The van der Waals surface area contributed by atoms with Gasteiger partial charge in [-0.25, -0.2) is 0 Å². The highest BCUT2D eigenvalue weighted by atomic mass is 32.1. The maximum atomic E-state index is 5.86. The van der Waals surface area contributed by atoms with E-state index in [1.54, 1.807) is 11.3 Å². The van der Waals surface area contributed by atoms with Crippen LogP contribution >= 0.6 is 11.3 Å². The van der Waals surface area contributed by atoms with E-state index in [2.05, 4.69) is 86.7 Å². The summed E-state index contributed by atoms with van der Waals surface area (Å²) in [5.41, 5.74) is 5.23. The first-order valence-electron chi connectivity index (χ1n) is 11.4. The van der Waals surface area contributed by atoms with Crippen molar-refractivity contribution in [1.29, 1.82) is 0 Å². The topological polar surface area (TPSA) is 9.23 Å². The Kier molecular flexibility index (Phi) is 9.24. The van der Waals surface area contributed by atoms with Gasteiger partial charge in [-0.3, -0.25) is 0 Å². The van der Waals surface area contributed by atoms with E-state index in [4.69, 9.17) is 4.74 Å². The van der Waals surface area contributed by atoms with Gasteiger partial charge in [-0.15, -0.1) is 0 Å². The summed E-state index contributed by atoms with van der Waals surface area (Å²) in [6.07, 6.45) is 13.0. The van der Waals surface area contributed by atoms with Crippen LogP contribution in [0.3, 0.4) is 0 Å². The molecule has 3 rings (SSSR count). The molecule has 2 aromatic carbocycles. The van der Waals surface area contributed by atoms with Crippen molar-refractivity contribution in [3.05, 3.63) is 78.4 Å². The number of hydrogen-bond donors (Lipinski definition) is 0. The molecule has 0 radical (unpaired) electrons. The second kappa shape index (κ2) is 12.4. The molecular weight excluding hydrogens is 384 g/mol. The molecular formula is C28H34OS. The van der Waals surface area contributed by atoms with Gasteiger partial charge in [0.2, 0.25) is 0 Å². The van der Waals surface area contributed by atoms with E-state index in [0.717, 1.165) is 11.5 Å². The van der Waals surface area contributed by atoms with Crippen LogP contribution in [0.4, 0.5) is 0 Å². The van der Waals surface area contributed by atoms with Crippen LogP contribution in [0.25, 0.3) is 21.6 Å². The Bertz CT molecular complexity index is 887. The third-order valence-electron chi connectivity index (χ3n) is 5.32. The largest absolute Gasteiger partial charge is 0.480 e. The van der Waals surface area contributed by atoms with Gasteiger partial charge < -0.3 is 4.74 Å².